The van der Waals surface area contributed by atoms with Crippen LogP contribution in [0.5, 0.6) is 0 Å². The van der Waals surface area contributed by atoms with Gasteiger partial charge >= 0.3 is 0 Å². The molecule has 1 rings (SSSR count). The summed E-state index contributed by atoms with van der Waals surface area (Å²) in [7, 11) is 0. The third-order valence-electron chi connectivity index (χ3n) is 4.37. The molecule has 1 nitrogen and oxygen atoms in total. The molecule has 0 bridgehead atoms. The van der Waals surface area contributed by atoms with E-state index in [0.29, 0.717) is 6.04 Å². The Morgan fingerprint density at radius 2 is 1.79 bits per heavy atom. The Bertz CT molecular complexity index is 238. The lowest BCUT2D eigenvalue weighted by Crippen LogP contribution is -2.39. The van der Waals surface area contributed by atoms with E-state index in [1.165, 1.54) is 70.8 Å². The van der Waals surface area contributed by atoms with Gasteiger partial charge in [-0.25, -0.2) is 0 Å². The SMILES string of the molecule is CCC/C=C(\CCC)C(NCCC)C1CCCCC1. The van der Waals surface area contributed by atoms with Gasteiger partial charge in [-0.15, -0.1) is 0 Å². The van der Waals surface area contributed by atoms with Gasteiger partial charge in [0.15, 0.2) is 0 Å². The van der Waals surface area contributed by atoms with Gasteiger partial charge in [-0.3, -0.25) is 0 Å². The summed E-state index contributed by atoms with van der Waals surface area (Å²) in [5.74, 6) is 0.898. The molecular weight excluding hydrogens is 230 g/mol. The summed E-state index contributed by atoms with van der Waals surface area (Å²) >= 11 is 0. The second-order valence-corrected chi connectivity index (χ2v) is 6.15. The molecule has 1 saturated carbocycles. The van der Waals surface area contributed by atoms with Crippen LogP contribution >= 0.6 is 0 Å². The van der Waals surface area contributed by atoms with Crippen LogP contribution < -0.4 is 5.32 Å². The second-order valence-electron chi connectivity index (χ2n) is 6.15. The Kier molecular flexibility index (Phi) is 9.24. The third kappa shape index (κ3) is 6.12. The molecule has 0 aromatic heterocycles. The maximum absolute atomic E-state index is 3.86. The summed E-state index contributed by atoms with van der Waals surface area (Å²) in [4.78, 5) is 0. The maximum Gasteiger partial charge on any atom is 0.0307 e. The highest BCUT2D eigenvalue weighted by Gasteiger charge is 2.25. The van der Waals surface area contributed by atoms with Crippen LogP contribution in [0.4, 0.5) is 0 Å². The minimum absolute atomic E-state index is 0.673. The Labute approximate surface area is 121 Å². The molecule has 19 heavy (non-hydrogen) atoms. The van der Waals surface area contributed by atoms with E-state index in [4.69, 9.17) is 0 Å². The Hall–Kier alpha value is -0.300. The lowest BCUT2D eigenvalue weighted by Gasteiger charge is -2.33. The number of unbranched alkanes of at least 4 members (excludes halogenated alkanes) is 1. The highest BCUT2D eigenvalue weighted by Crippen LogP contribution is 2.31. The fourth-order valence-corrected chi connectivity index (χ4v) is 3.37. The molecule has 0 radical (unpaired) electrons. The maximum atomic E-state index is 3.86. The Balaban J connectivity index is 2.71. The molecule has 0 heterocycles. The molecule has 112 valence electrons. The zero-order valence-electron chi connectivity index (χ0n) is 13.5. The van der Waals surface area contributed by atoms with Crippen LogP contribution in [0.15, 0.2) is 11.6 Å². The van der Waals surface area contributed by atoms with Crippen molar-refractivity contribution in [3.8, 4) is 0 Å². The van der Waals surface area contributed by atoms with Gasteiger partial charge in [0.05, 0.1) is 0 Å². The molecule has 0 aromatic rings. The van der Waals surface area contributed by atoms with E-state index in [1.807, 2.05) is 0 Å². The summed E-state index contributed by atoms with van der Waals surface area (Å²) in [6.45, 7) is 8.06. The quantitative estimate of drug-likeness (QED) is 0.546. The first-order chi connectivity index (χ1) is 9.33. The van der Waals surface area contributed by atoms with E-state index >= 15 is 0 Å². The van der Waals surface area contributed by atoms with Crippen molar-refractivity contribution in [1.82, 2.24) is 5.32 Å². The molecule has 0 aliphatic heterocycles. The fourth-order valence-electron chi connectivity index (χ4n) is 3.37. The lowest BCUT2D eigenvalue weighted by atomic mass is 9.79. The van der Waals surface area contributed by atoms with E-state index in [0.717, 1.165) is 5.92 Å². The van der Waals surface area contributed by atoms with Gasteiger partial charge in [0.1, 0.15) is 0 Å². The summed E-state index contributed by atoms with van der Waals surface area (Å²) < 4.78 is 0. The number of hydrogen-bond acceptors (Lipinski definition) is 1. The van der Waals surface area contributed by atoms with Gasteiger partial charge in [-0.2, -0.15) is 0 Å². The molecule has 1 atom stereocenters. The average Bonchev–Trinajstić information content (AvgIpc) is 2.46. The van der Waals surface area contributed by atoms with Crippen molar-refractivity contribution in [2.75, 3.05) is 6.54 Å². The first-order valence-electron chi connectivity index (χ1n) is 8.75. The molecule has 1 heteroatoms. The predicted molar refractivity (Wildman–Crippen MR) is 86.6 cm³/mol. The van der Waals surface area contributed by atoms with E-state index in [2.05, 4.69) is 32.2 Å². The van der Waals surface area contributed by atoms with E-state index < -0.39 is 0 Å². The Morgan fingerprint density at radius 3 is 2.37 bits per heavy atom. The molecule has 1 fully saturated rings. The van der Waals surface area contributed by atoms with Crippen LogP contribution in [0.2, 0.25) is 0 Å². The lowest BCUT2D eigenvalue weighted by molar-refractivity contribution is 0.288. The van der Waals surface area contributed by atoms with E-state index in [-0.39, 0.29) is 0 Å². The molecule has 1 N–H and O–H groups in total. The zero-order chi connectivity index (χ0) is 13.9. The van der Waals surface area contributed by atoms with Crippen LogP contribution in [0.3, 0.4) is 0 Å². The smallest absolute Gasteiger partial charge is 0.0307 e. The minimum Gasteiger partial charge on any atom is -0.310 e. The second kappa shape index (κ2) is 10.5. The highest BCUT2D eigenvalue weighted by molar-refractivity contribution is 5.13. The van der Waals surface area contributed by atoms with Gasteiger partial charge in [0, 0.05) is 6.04 Å². The normalized spacial score (nSPS) is 19.6. The first kappa shape index (κ1) is 16.8. The van der Waals surface area contributed by atoms with E-state index in [9.17, 15) is 0 Å². The summed E-state index contributed by atoms with van der Waals surface area (Å²) in [6.07, 6.45) is 16.1. The van der Waals surface area contributed by atoms with Crippen LogP contribution in [0, 0.1) is 5.92 Å². The molecule has 1 aliphatic carbocycles. The monoisotopic (exact) mass is 265 g/mol. The fraction of sp³-hybridized carbons (Fsp3) is 0.889. The summed E-state index contributed by atoms with van der Waals surface area (Å²) in [5.41, 5.74) is 1.71. The topological polar surface area (TPSA) is 12.0 Å². The molecule has 0 saturated heterocycles. The summed E-state index contributed by atoms with van der Waals surface area (Å²) in [5, 5.41) is 3.86. The number of allylic oxidation sites excluding steroid dienone is 1. The molecular formula is C18H35N. The molecule has 1 aliphatic rings. The van der Waals surface area contributed by atoms with Crippen molar-refractivity contribution < 1.29 is 0 Å². The van der Waals surface area contributed by atoms with Crippen LogP contribution in [-0.4, -0.2) is 12.6 Å². The molecule has 0 amide bonds. The zero-order valence-corrected chi connectivity index (χ0v) is 13.5. The van der Waals surface area contributed by atoms with E-state index in [1.54, 1.807) is 5.57 Å². The van der Waals surface area contributed by atoms with Crippen LogP contribution in [0.1, 0.15) is 85.0 Å². The predicted octanol–water partition coefficient (Wildman–Crippen LogP) is 5.46. The van der Waals surface area contributed by atoms with Gasteiger partial charge < -0.3 is 5.32 Å². The van der Waals surface area contributed by atoms with Gasteiger partial charge in [-0.05, 0) is 44.6 Å². The molecule has 1 unspecified atom stereocenters. The van der Waals surface area contributed by atoms with Crippen molar-refractivity contribution in [3.05, 3.63) is 11.6 Å². The average molecular weight is 265 g/mol. The number of hydrogen-bond donors (Lipinski definition) is 1. The largest absolute Gasteiger partial charge is 0.310 e. The third-order valence-corrected chi connectivity index (χ3v) is 4.37. The first-order valence-corrected chi connectivity index (χ1v) is 8.75. The number of rotatable bonds is 9. The van der Waals surface area contributed by atoms with Gasteiger partial charge in [-0.1, -0.05) is 64.5 Å². The minimum atomic E-state index is 0.673. The van der Waals surface area contributed by atoms with Crippen LogP contribution in [-0.2, 0) is 0 Å². The standard InChI is InChI=1S/C18H35N/c1-4-7-12-16(11-5-2)18(19-15-6-3)17-13-9-8-10-14-17/h12,17-19H,4-11,13-15H2,1-3H3/b16-12+. The summed E-state index contributed by atoms with van der Waals surface area (Å²) in [6, 6.07) is 0.673. The molecule has 0 spiro atoms. The molecule has 0 aromatic carbocycles. The van der Waals surface area contributed by atoms with Crippen molar-refractivity contribution in [2.24, 2.45) is 5.92 Å². The van der Waals surface area contributed by atoms with Crippen molar-refractivity contribution in [3.63, 3.8) is 0 Å². The Morgan fingerprint density at radius 1 is 1.05 bits per heavy atom. The van der Waals surface area contributed by atoms with Crippen molar-refractivity contribution in [2.45, 2.75) is 91.0 Å². The van der Waals surface area contributed by atoms with Crippen molar-refractivity contribution in [1.29, 1.82) is 0 Å². The van der Waals surface area contributed by atoms with Crippen molar-refractivity contribution >= 4 is 0 Å². The van der Waals surface area contributed by atoms with Gasteiger partial charge in [0.2, 0.25) is 0 Å². The highest BCUT2D eigenvalue weighted by atomic mass is 14.9. The van der Waals surface area contributed by atoms with Gasteiger partial charge in [0.25, 0.3) is 0 Å². The van der Waals surface area contributed by atoms with Crippen LogP contribution in [0.25, 0.3) is 0 Å². The number of nitrogens with one attached hydrogen (secondary N) is 1.